The number of nitrogens with one attached hydrogen (secondary N) is 2. The molecule has 0 unspecified atom stereocenters. The number of carbonyl (C=O) groups excluding carboxylic acids is 3. The molecule has 0 heterocycles. The van der Waals surface area contributed by atoms with E-state index in [9.17, 15) is 19.5 Å². The van der Waals surface area contributed by atoms with Crippen molar-refractivity contribution >= 4 is 29.5 Å². The summed E-state index contributed by atoms with van der Waals surface area (Å²) in [5, 5.41) is 16.4. The van der Waals surface area contributed by atoms with E-state index in [1.807, 2.05) is 24.3 Å². The SMILES string of the molecule is CSC[C@@H](NC(=O)C[C@@H](NC(=O)c1ccccc1)c1ccccc1)C(=O)[O-]. The Balaban J connectivity index is 2.12. The van der Waals surface area contributed by atoms with Gasteiger partial charge in [0.25, 0.3) is 5.91 Å². The van der Waals surface area contributed by atoms with Gasteiger partial charge in [0, 0.05) is 11.3 Å². The van der Waals surface area contributed by atoms with E-state index in [1.165, 1.54) is 11.8 Å². The number of rotatable bonds is 9. The molecule has 0 aromatic heterocycles. The standard InChI is InChI=1S/C20H22N2O4S/c1-27-13-17(20(25)26)21-18(23)12-16(14-8-4-2-5-9-14)22-19(24)15-10-6-3-7-11-15/h2-11,16-17H,12-13H2,1H3,(H,21,23)(H,22,24)(H,25,26)/p-1/t16-,17-/m1/s1. The largest absolute Gasteiger partial charge is 0.548 e. The molecule has 2 amide bonds. The average molecular weight is 385 g/mol. The van der Waals surface area contributed by atoms with Gasteiger partial charge in [0.15, 0.2) is 0 Å². The minimum absolute atomic E-state index is 0.0826. The van der Waals surface area contributed by atoms with Gasteiger partial charge in [-0.1, -0.05) is 48.5 Å². The van der Waals surface area contributed by atoms with E-state index in [2.05, 4.69) is 10.6 Å². The van der Waals surface area contributed by atoms with Crippen LogP contribution < -0.4 is 15.7 Å². The second-order valence-corrected chi connectivity index (χ2v) is 6.81. The third-order valence-electron chi connectivity index (χ3n) is 3.89. The van der Waals surface area contributed by atoms with E-state index in [-0.39, 0.29) is 18.1 Å². The number of amides is 2. The Hall–Kier alpha value is -2.80. The molecule has 7 heteroatoms. The summed E-state index contributed by atoms with van der Waals surface area (Å²) < 4.78 is 0. The highest BCUT2D eigenvalue weighted by molar-refractivity contribution is 7.98. The number of hydrogen-bond acceptors (Lipinski definition) is 5. The van der Waals surface area contributed by atoms with Gasteiger partial charge in [-0.25, -0.2) is 0 Å². The molecule has 6 nitrogen and oxygen atoms in total. The fourth-order valence-corrected chi connectivity index (χ4v) is 3.10. The van der Waals surface area contributed by atoms with Crippen molar-refractivity contribution in [1.82, 2.24) is 10.6 Å². The zero-order valence-corrected chi connectivity index (χ0v) is 15.7. The van der Waals surface area contributed by atoms with Gasteiger partial charge in [0.2, 0.25) is 5.91 Å². The summed E-state index contributed by atoms with van der Waals surface area (Å²) >= 11 is 1.30. The molecular weight excluding hydrogens is 364 g/mol. The Bertz CT molecular complexity index is 768. The predicted octanol–water partition coefficient (Wildman–Crippen LogP) is 1.15. The molecular formula is C20H21N2O4S-. The van der Waals surface area contributed by atoms with Gasteiger partial charge < -0.3 is 20.5 Å². The van der Waals surface area contributed by atoms with E-state index in [0.29, 0.717) is 5.56 Å². The maximum absolute atomic E-state index is 12.5. The molecule has 0 radical (unpaired) electrons. The van der Waals surface area contributed by atoms with E-state index >= 15 is 0 Å². The van der Waals surface area contributed by atoms with Gasteiger partial charge in [-0.15, -0.1) is 0 Å². The summed E-state index contributed by atoms with van der Waals surface area (Å²) in [7, 11) is 0. The van der Waals surface area contributed by atoms with Crippen LogP contribution in [0.3, 0.4) is 0 Å². The molecule has 2 N–H and O–H groups in total. The first-order valence-electron chi connectivity index (χ1n) is 8.41. The van der Waals surface area contributed by atoms with E-state index in [0.717, 1.165) is 5.56 Å². The third kappa shape index (κ3) is 6.45. The van der Waals surface area contributed by atoms with Gasteiger partial charge in [-0.2, -0.15) is 11.8 Å². The molecule has 142 valence electrons. The van der Waals surface area contributed by atoms with E-state index < -0.39 is 24.0 Å². The number of hydrogen-bond donors (Lipinski definition) is 2. The van der Waals surface area contributed by atoms with Crippen molar-refractivity contribution in [3.05, 3.63) is 71.8 Å². The van der Waals surface area contributed by atoms with Crippen molar-refractivity contribution in [2.24, 2.45) is 0 Å². The smallest absolute Gasteiger partial charge is 0.251 e. The summed E-state index contributed by atoms with van der Waals surface area (Å²) in [5.74, 6) is -1.90. The second-order valence-electron chi connectivity index (χ2n) is 5.90. The number of aliphatic carboxylic acids is 1. The Morgan fingerprint density at radius 1 is 0.963 bits per heavy atom. The molecule has 0 aliphatic heterocycles. The third-order valence-corrected chi connectivity index (χ3v) is 4.55. The number of benzene rings is 2. The van der Waals surface area contributed by atoms with Crippen LogP contribution in [0.25, 0.3) is 0 Å². The van der Waals surface area contributed by atoms with E-state index in [1.54, 1.807) is 42.7 Å². The monoisotopic (exact) mass is 385 g/mol. The quantitative estimate of drug-likeness (QED) is 0.675. The maximum Gasteiger partial charge on any atom is 0.251 e. The lowest BCUT2D eigenvalue weighted by molar-refractivity contribution is -0.307. The maximum atomic E-state index is 12.5. The molecule has 2 aromatic rings. The molecule has 2 atom stereocenters. The highest BCUT2D eigenvalue weighted by Crippen LogP contribution is 2.17. The topological polar surface area (TPSA) is 98.3 Å². The lowest BCUT2D eigenvalue weighted by Crippen LogP contribution is -2.50. The zero-order chi connectivity index (χ0) is 19.6. The Kier molecular flexibility index (Phi) is 7.88. The summed E-state index contributed by atoms with van der Waals surface area (Å²) in [6.45, 7) is 0. The van der Waals surface area contributed by atoms with Gasteiger partial charge >= 0.3 is 0 Å². The van der Waals surface area contributed by atoms with Crippen LogP contribution in [0.4, 0.5) is 0 Å². The van der Waals surface area contributed by atoms with Gasteiger partial charge in [0.1, 0.15) is 0 Å². The summed E-state index contributed by atoms with van der Waals surface area (Å²) in [4.78, 5) is 36.0. The Labute approximate surface area is 162 Å². The highest BCUT2D eigenvalue weighted by Gasteiger charge is 2.21. The fraction of sp³-hybridized carbons (Fsp3) is 0.250. The molecule has 2 rings (SSSR count). The number of carboxylic acids is 1. The molecule has 0 saturated heterocycles. The number of carbonyl (C=O) groups is 3. The molecule has 0 fully saturated rings. The van der Waals surface area contributed by atoms with Crippen molar-refractivity contribution in [3.8, 4) is 0 Å². The van der Waals surface area contributed by atoms with Crippen molar-refractivity contribution in [2.45, 2.75) is 18.5 Å². The van der Waals surface area contributed by atoms with Gasteiger partial charge in [0.05, 0.1) is 24.5 Å². The van der Waals surface area contributed by atoms with Crippen LogP contribution in [-0.4, -0.2) is 35.8 Å². The molecule has 2 aromatic carbocycles. The number of carboxylic acid groups (broad SMARTS) is 1. The van der Waals surface area contributed by atoms with Crippen molar-refractivity contribution in [2.75, 3.05) is 12.0 Å². The first-order chi connectivity index (χ1) is 13.0. The zero-order valence-electron chi connectivity index (χ0n) is 14.9. The lowest BCUT2D eigenvalue weighted by atomic mass is 10.0. The summed E-state index contributed by atoms with van der Waals surface area (Å²) in [6.07, 6.45) is 1.66. The normalized spacial score (nSPS) is 12.6. The van der Waals surface area contributed by atoms with Crippen LogP contribution in [0, 0.1) is 0 Å². The van der Waals surface area contributed by atoms with Crippen molar-refractivity contribution in [1.29, 1.82) is 0 Å². The second kappa shape index (κ2) is 10.4. The lowest BCUT2D eigenvalue weighted by Gasteiger charge is -2.22. The predicted molar refractivity (Wildman–Crippen MR) is 103 cm³/mol. The van der Waals surface area contributed by atoms with Gasteiger partial charge in [-0.05, 0) is 24.0 Å². The molecule has 0 spiro atoms. The highest BCUT2D eigenvalue weighted by atomic mass is 32.2. The van der Waals surface area contributed by atoms with Crippen LogP contribution in [-0.2, 0) is 9.59 Å². The molecule has 0 aliphatic rings. The van der Waals surface area contributed by atoms with Crippen LogP contribution in [0.5, 0.6) is 0 Å². The minimum atomic E-state index is -1.33. The Morgan fingerprint density at radius 2 is 1.56 bits per heavy atom. The molecule has 27 heavy (non-hydrogen) atoms. The first kappa shape index (κ1) is 20.5. The van der Waals surface area contributed by atoms with Gasteiger partial charge in [-0.3, -0.25) is 9.59 Å². The average Bonchev–Trinajstić information content (AvgIpc) is 2.68. The Morgan fingerprint density at radius 3 is 2.11 bits per heavy atom. The first-order valence-corrected chi connectivity index (χ1v) is 9.80. The van der Waals surface area contributed by atoms with Crippen LogP contribution >= 0.6 is 11.8 Å². The van der Waals surface area contributed by atoms with Crippen LogP contribution in [0.1, 0.15) is 28.4 Å². The summed E-state index contributed by atoms with van der Waals surface area (Å²) in [6, 6.07) is 16.1. The summed E-state index contributed by atoms with van der Waals surface area (Å²) in [5.41, 5.74) is 1.24. The molecule has 0 saturated carbocycles. The van der Waals surface area contributed by atoms with Crippen LogP contribution in [0.15, 0.2) is 60.7 Å². The number of thioether (sulfide) groups is 1. The van der Waals surface area contributed by atoms with E-state index in [4.69, 9.17) is 0 Å². The molecule has 0 aliphatic carbocycles. The van der Waals surface area contributed by atoms with Crippen molar-refractivity contribution < 1.29 is 19.5 Å². The van der Waals surface area contributed by atoms with Crippen molar-refractivity contribution in [3.63, 3.8) is 0 Å². The minimum Gasteiger partial charge on any atom is -0.548 e. The fourth-order valence-electron chi connectivity index (χ4n) is 2.54. The molecule has 0 bridgehead atoms. The van der Waals surface area contributed by atoms with Crippen LogP contribution in [0.2, 0.25) is 0 Å².